The molecule has 1 aromatic carbocycles. The van der Waals surface area contributed by atoms with Gasteiger partial charge in [0.25, 0.3) is 0 Å². The third kappa shape index (κ3) is 5.88. The number of ether oxygens (including phenoxy) is 1. The number of nitrogens with one attached hydrogen (secondary N) is 1. The number of carbonyl (C=O) groups is 1. The van der Waals surface area contributed by atoms with Crippen LogP contribution in [0.3, 0.4) is 0 Å². The van der Waals surface area contributed by atoms with Crippen LogP contribution in [0.2, 0.25) is 0 Å². The molecule has 0 unspecified atom stereocenters. The second-order valence-electron chi connectivity index (χ2n) is 6.53. The van der Waals surface area contributed by atoms with Crippen LogP contribution in [0.15, 0.2) is 18.2 Å². The SMILES string of the molecule is NCC1(CC(=O)Nc2ccc(F)cc2OCC(F)(F)F)CCCCC1. The Morgan fingerprint density at radius 1 is 1.24 bits per heavy atom. The van der Waals surface area contributed by atoms with E-state index in [-0.39, 0.29) is 29.2 Å². The third-order valence-corrected chi connectivity index (χ3v) is 4.49. The number of carbonyl (C=O) groups excluding carboxylic acids is 1. The van der Waals surface area contributed by atoms with Crippen molar-refractivity contribution >= 4 is 11.6 Å². The summed E-state index contributed by atoms with van der Waals surface area (Å²) < 4.78 is 54.9. The van der Waals surface area contributed by atoms with Gasteiger partial charge in [0.15, 0.2) is 6.61 Å². The summed E-state index contributed by atoms with van der Waals surface area (Å²) in [6.07, 6.45) is 0.424. The van der Waals surface area contributed by atoms with E-state index >= 15 is 0 Å². The molecule has 25 heavy (non-hydrogen) atoms. The lowest BCUT2D eigenvalue weighted by Gasteiger charge is -2.35. The van der Waals surface area contributed by atoms with E-state index in [9.17, 15) is 22.4 Å². The fourth-order valence-electron chi connectivity index (χ4n) is 3.17. The zero-order valence-corrected chi connectivity index (χ0v) is 13.8. The number of alkyl halides is 3. The number of halogens is 4. The maximum atomic E-state index is 13.3. The smallest absolute Gasteiger partial charge is 0.422 e. The van der Waals surface area contributed by atoms with Gasteiger partial charge in [-0.05, 0) is 36.9 Å². The Bertz CT molecular complexity index is 599. The molecule has 1 aromatic rings. The van der Waals surface area contributed by atoms with Crippen molar-refractivity contribution in [2.45, 2.75) is 44.7 Å². The average molecular weight is 362 g/mol. The van der Waals surface area contributed by atoms with Gasteiger partial charge in [-0.3, -0.25) is 4.79 Å². The molecule has 2 rings (SSSR count). The number of hydrogen-bond acceptors (Lipinski definition) is 3. The molecule has 0 saturated heterocycles. The first kappa shape index (κ1) is 19.5. The van der Waals surface area contributed by atoms with Gasteiger partial charge in [0.05, 0.1) is 5.69 Å². The van der Waals surface area contributed by atoms with Gasteiger partial charge < -0.3 is 15.8 Å². The minimum Gasteiger partial charge on any atom is -0.482 e. The molecule has 0 aliphatic heterocycles. The van der Waals surface area contributed by atoms with E-state index in [1.807, 2.05) is 0 Å². The van der Waals surface area contributed by atoms with E-state index in [0.717, 1.165) is 44.2 Å². The molecule has 4 nitrogen and oxygen atoms in total. The fraction of sp³-hybridized carbons (Fsp3) is 0.588. The van der Waals surface area contributed by atoms with E-state index < -0.39 is 18.6 Å². The Labute approximate surface area is 143 Å². The molecule has 3 N–H and O–H groups in total. The van der Waals surface area contributed by atoms with Crippen LogP contribution in [0.5, 0.6) is 5.75 Å². The minimum absolute atomic E-state index is 0.0126. The lowest BCUT2D eigenvalue weighted by molar-refractivity contribution is -0.153. The first-order valence-corrected chi connectivity index (χ1v) is 8.22. The van der Waals surface area contributed by atoms with Gasteiger partial charge in [0, 0.05) is 12.5 Å². The fourth-order valence-corrected chi connectivity index (χ4v) is 3.17. The number of nitrogens with two attached hydrogens (primary N) is 1. The van der Waals surface area contributed by atoms with Crippen molar-refractivity contribution < 1.29 is 27.1 Å². The molecule has 140 valence electrons. The first-order chi connectivity index (χ1) is 11.7. The molecule has 0 aromatic heterocycles. The molecule has 8 heteroatoms. The van der Waals surface area contributed by atoms with Crippen molar-refractivity contribution in [3.8, 4) is 5.75 Å². The maximum absolute atomic E-state index is 13.3. The Balaban J connectivity index is 2.06. The molecule has 1 saturated carbocycles. The molecular weight excluding hydrogens is 340 g/mol. The van der Waals surface area contributed by atoms with Gasteiger partial charge in [0.2, 0.25) is 5.91 Å². The van der Waals surface area contributed by atoms with Gasteiger partial charge in [-0.2, -0.15) is 13.2 Å². The van der Waals surface area contributed by atoms with E-state index in [4.69, 9.17) is 5.73 Å². The van der Waals surface area contributed by atoms with Crippen LogP contribution in [-0.2, 0) is 4.79 Å². The normalized spacial score (nSPS) is 17.2. The standard InChI is InChI=1S/C17H22F4N2O2/c18-12-4-5-13(14(8-12)25-11-17(19,20)21)23-15(24)9-16(10-22)6-2-1-3-7-16/h4-5,8H,1-3,6-7,9-11,22H2,(H,23,24). The average Bonchev–Trinajstić information content (AvgIpc) is 2.55. The minimum atomic E-state index is -4.56. The Morgan fingerprint density at radius 3 is 2.52 bits per heavy atom. The van der Waals surface area contributed by atoms with E-state index in [1.54, 1.807) is 0 Å². The Hall–Kier alpha value is -1.83. The Kier molecular flexibility index (Phi) is 6.26. The molecule has 0 atom stereocenters. The van der Waals surface area contributed by atoms with Crippen molar-refractivity contribution in [2.24, 2.45) is 11.1 Å². The largest absolute Gasteiger partial charge is 0.482 e. The summed E-state index contributed by atoms with van der Waals surface area (Å²) in [6.45, 7) is -1.19. The Morgan fingerprint density at radius 2 is 1.92 bits per heavy atom. The monoisotopic (exact) mass is 362 g/mol. The lowest BCUT2D eigenvalue weighted by atomic mass is 9.71. The van der Waals surface area contributed by atoms with Crippen molar-refractivity contribution in [1.82, 2.24) is 0 Å². The molecule has 1 amide bonds. The molecule has 0 spiro atoms. The molecule has 0 radical (unpaired) electrons. The second kappa shape index (κ2) is 8.03. The number of benzene rings is 1. The quantitative estimate of drug-likeness (QED) is 0.752. The highest BCUT2D eigenvalue weighted by atomic mass is 19.4. The molecule has 0 heterocycles. The number of anilines is 1. The lowest BCUT2D eigenvalue weighted by Crippen LogP contribution is -2.36. The molecule has 1 fully saturated rings. The van der Waals surface area contributed by atoms with Crippen LogP contribution in [-0.4, -0.2) is 25.2 Å². The summed E-state index contributed by atoms with van der Waals surface area (Å²) in [5, 5.41) is 2.53. The molecule has 1 aliphatic rings. The predicted octanol–water partition coefficient (Wildman–Crippen LogP) is 4.00. The first-order valence-electron chi connectivity index (χ1n) is 8.22. The van der Waals surface area contributed by atoms with Crippen molar-refractivity contribution in [3.05, 3.63) is 24.0 Å². The van der Waals surface area contributed by atoms with E-state index in [1.165, 1.54) is 6.07 Å². The summed E-state index contributed by atoms with van der Waals surface area (Å²) in [6, 6.07) is 3.06. The zero-order chi connectivity index (χ0) is 18.5. The van der Waals surface area contributed by atoms with Gasteiger partial charge in [-0.15, -0.1) is 0 Å². The van der Waals surface area contributed by atoms with Gasteiger partial charge in [-0.1, -0.05) is 19.3 Å². The summed E-state index contributed by atoms with van der Waals surface area (Å²) in [7, 11) is 0. The highest BCUT2D eigenvalue weighted by Gasteiger charge is 2.33. The van der Waals surface area contributed by atoms with Crippen LogP contribution < -0.4 is 15.8 Å². The summed E-state index contributed by atoms with van der Waals surface area (Å²) in [4.78, 5) is 12.3. The topological polar surface area (TPSA) is 64.4 Å². The van der Waals surface area contributed by atoms with Crippen LogP contribution in [0, 0.1) is 11.2 Å². The van der Waals surface area contributed by atoms with Gasteiger partial charge in [0.1, 0.15) is 11.6 Å². The van der Waals surface area contributed by atoms with Crippen molar-refractivity contribution in [1.29, 1.82) is 0 Å². The molecule has 0 bridgehead atoms. The third-order valence-electron chi connectivity index (χ3n) is 4.49. The molecular formula is C17H22F4N2O2. The summed E-state index contributed by atoms with van der Waals surface area (Å²) >= 11 is 0. The second-order valence-corrected chi connectivity index (χ2v) is 6.53. The highest BCUT2D eigenvalue weighted by molar-refractivity contribution is 5.92. The van der Waals surface area contributed by atoms with Crippen molar-refractivity contribution in [3.63, 3.8) is 0 Å². The summed E-state index contributed by atoms with van der Waals surface area (Å²) in [5.74, 6) is -1.46. The van der Waals surface area contributed by atoms with E-state index in [2.05, 4.69) is 10.1 Å². The van der Waals surface area contributed by atoms with Crippen LogP contribution in [0.25, 0.3) is 0 Å². The van der Waals surface area contributed by atoms with Crippen LogP contribution in [0.4, 0.5) is 23.2 Å². The van der Waals surface area contributed by atoms with E-state index in [0.29, 0.717) is 6.54 Å². The maximum Gasteiger partial charge on any atom is 0.422 e. The van der Waals surface area contributed by atoms with Crippen molar-refractivity contribution in [2.75, 3.05) is 18.5 Å². The van der Waals surface area contributed by atoms with Gasteiger partial charge >= 0.3 is 6.18 Å². The van der Waals surface area contributed by atoms with Crippen LogP contribution >= 0.6 is 0 Å². The number of rotatable bonds is 6. The number of amides is 1. The molecule has 1 aliphatic carbocycles. The number of hydrogen-bond donors (Lipinski definition) is 2. The summed E-state index contributed by atoms with van der Waals surface area (Å²) in [5.41, 5.74) is 5.58. The van der Waals surface area contributed by atoms with Gasteiger partial charge in [-0.25, -0.2) is 4.39 Å². The highest BCUT2D eigenvalue weighted by Crippen LogP contribution is 2.39. The zero-order valence-electron chi connectivity index (χ0n) is 13.8. The predicted molar refractivity (Wildman–Crippen MR) is 85.8 cm³/mol. The van der Waals surface area contributed by atoms with Crippen LogP contribution in [0.1, 0.15) is 38.5 Å².